The summed E-state index contributed by atoms with van der Waals surface area (Å²) in [7, 11) is 0.378. The van der Waals surface area contributed by atoms with Crippen molar-refractivity contribution in [3.63, 3.8) is 0 Å². The van der Waals surface area contributed by atoms with E-state index in [0.29, 0.717) is 27.8 Å². The average Bonchev–Trinajstić information content (AvgIpc) is 2.55. The molecule has 4 nitrogen and oxygen atoms in total. The zero-order chi connectivity index (χ0) is 17.6. The molecule has 0 saturated heterocycles. The number of benzene rings is 2. The molecule has 0 fully saturated rings. The molecule has 2 aromatic rings. The quantitative estimate of drug-likeness (QED) is 0.460. The second kappa shape index (κ2) is 7.92. The van der Waals surface area contributed by atoms with E-state index in [-0.39, 0.29) is 5.92 Å². The Labute approximate surface area is 145 Å². The van der Waals surface area contributed by atoms with Crippen molar-refractivity contribution < 1.29 is 19.1 Å². The fourth-order valence-corrected chi connectivity index (χ4v) is 3.69. The Morgan fingerprint density at radius 3 is 1.58 bits per heavy atom. The van der Waals surface area contributed by atoms with E-state index in [2.05, 4.69) is 0 Å². The summed E-state index contributed by atoms with van der Waals surface area (Å²) in [6.07, 6.45) is 0.469. The zero-order valence-electron chi connectivity index (χ0n) is 14.2. The molecule has 2 rings (SSSR count). The lowest BCUT2D eigenvalue weighted by molar-refractivity contribution is -0.120. The van der Waals surface area contributed by atoms with Crippen LogP contribution in [0.1, 0.15) is 41.0 Å². The van der Waals surface area contributed by atoms with Gasteiger partial charge in [-0.15, -0.1) is 0 Å². The van der Waals surface area contributed by atoms with E-state index in [4.69, 9.17) is 9.47 Å². The molecule has 0 unspecified atom stereocenters. The normalized spacial score (nSPS) is 11.3. The van der Waals surface area contributed by atoms with Gasteiger partial charge < -0.3 is 9.47 Å². The molecule has 0 aromatic heterocycles. The van der Waals surface area contributed by atoms with Crippen LogP contribution in [0.15, 0.2) is 60.7 Å². The third kappa shape index (κ3) is 5.06. The van der Waals surface area contributed by atoms with Gasteiger partial charge in [-0.25, -0.2) is 9.59 Å². The Kier molecular flexibility index (Phi) is 5.92. The maximum absolute atomic E-state index is 12.4. The molecule has 0 aliphatic rings. The Balaban J connectivity index is 2.16. The molecule has 0 radical (unpaired) electrons. The average molecular weight is 342 g/mol. The highest BCUT2D eigenvalue weighted by atomic mass is 28.1. The maximum Gasteiger partial charge on any atom is 0.341 e. The molecule has 2 aromatic carbocycles. The van der Waals surface area contributed by atoms with Gasteiger partial charge in [-0.05, 0) is 30.2 Å². The number of carbonyl (C=O) groups excluding carboxylic acids is 2. The van der Waals surface area contributed by atoms with Crippen LogP contribution in [0.3, 0.4) is 0 Å². The van der Waals surface area contributed by atoms with E-state index in [1.54, 1.807) is 48.5 Å². The van der Waals surface area contributed by atoms with E-state index in [9.17, 15) is 9.59 Å². The Morgan fingerprint density at radius 1 is 0.875 bits per heavy atom. The molecule has 126 valence electrons. The summed E-state index contributed by atoms with van der Waals surface area (Å²) in [6.45, 7) is 4.00. The lowest BCUT2D eigenvalue weighted by atomic mass is 10.1. The third-order valence-corrected chi connectivity index (χ3v) is 4.23. The van der Waals surface area contributed by atoms with Crippen LogP contribution in [-0.2, 0) is 9.47 Å². The van der Waals surface area contributed by atoms with Gasteiger partial charge in [0.2, 0.25) is 5.41 Å². The molecular weight excluding hydrogens is 320 g/mol. The van der Waals surface area contributed by atoms with Crippen LogP contribution in [0.4, 0.5) is 0 Å². The number of rotatable bonds is 6. The Morgan fingerprint density at radius 2 is 1.25 bits per heavy atom. The second-order valence-electron chi connectivity index (χ2n) is 6.24. The summed E-state index contributed by atoms with van der Waals surface area (Å²) < 4.78 is 11.2. The van der Waals surface area contributed by atoms with E-state index < -0.39 is 17.3 Å². The van der Waals surface area contributed by atoms with Gasteiger partial charge in [0.05, 0.1) is 11.1 Å². The lowest BCUT2D eigenvalue weighted by Gasteiger charge is -2.31. The van der Waals surface area contributed by atoms with Crippen molar-refractivity contribution in [2.75, 3.05) is 0 Å². The minimum Gasteiger partial charge on any atom is -0.425 e. The molecule has 24 heavy (non-hydrogen) atoms. The Bertz CT molecular complexity index is 630. The monoisotopic (exact) mass is 342 g/mol. The van der Waals surface area contributed by atoms with Crippen LogP contribution >= 0.6 is 0 Å². The predicted octanol–water partition coefficient (Wildman–Crippen LogP) is 2.77. The first-order valence-corrected chi connectivity index (χ1v) is 8.96. The standard InChI is InChI=1S/C19H22O4Si/c1-14(2)13-19(24,22-17(20)15-9-5-3-6-10-15)23-18(21)16-11-7-4-8-12-16/h3-12,14H,13H2,1-2,24H3. The molecule has 0 aliphatic carbocycles. The second-order valence-corrected chi connectivity index (χ2v) is 7.77. The molecule has 0 saturated carbocycles. The van der Waals surface area contributed by atoms with Crippen molar-refractivity contribution in [3.05, 3.63) is 71.8 Å². The van der Waals surface area contributed by atoms with Gasteiger partial charge >= 0.3 is 11.9 Å². The smallest absolute Gasteiger partial charge is 0.341 e. The number of carbonyl (C=O) groups is 2. The van der Waals surface area contributed by atoms with Crippen molar-refractivity contribution in [2.45, 2.75) is 25.7 Å². The van der Waals surface area contributed by atoms with Gasteiger partial charge in [0.1, 0.15) is 10.2 Å². The number of hydrogen-bond acceptors (Lipinski definition) is 4. The first-order valence-electron chi connectivity index (χ1n) is 7.96. The van der Waals surface area contributed by atoms with Crippen LogP contribution < -0.4 is 0 Å². The highest BCUT2D eigenvalue weighted by Gasteiger charge is 2.34. The van der Waals surface area contributed by atoms with Crippen molar-refractivity contribution in [3.8, 4) is 0 Å². The first-order chi connectivity index (χ1) is 11.4. The predicted molar refractivity (Wildman–Crippen MR) is 95.8 cm³/mol. The fourth-order valence-electron chi connectivity index (χ4n) is 2.50. The van der Waals surface area contributed by atoms with E-state index in [1.165, 1.54) is 0 Å². The van der Waals surface area contributed by atoms with Crippen LogP contribution in [0.25, 0.3) is 0 Å². The molecule has 5 heteroatoms. The van der Waals surface area contributed by atoms with Gasteiger partial charge in [-0.2, -0.15) is 0 Å². The lowest BCUT2D eigenvalue weighted by Crippen LogP contribution is -2.42. The highest BCUT2D eigenvalue weighted by molar-refractivity contribution is 6.15. The van der Waals surface area contributed by atoms with Crippen LogP contribution in [0.5, 0.6) is 0 Å². The topological polar surface area (TPSA) is 52.6 Å². The molecule has 0 heterocycles. The van der Waals surface area contributed by atoms with Crippen molar-refractivity contribution >= 4 is 22.2 Å². The molecule has 0 aliphatic heterocycles. The van der Waals surface area contributed by atoms with Crippen molar-refractivity contribution in [1.82, 2.24) is 0 Å². The summed E-state index contributed by atoms with van der Waals surface area (Å²) in [6, 6.07) is 17.4. The van der Waals surface area contributed by atoms with E-state index in [1.807, 2.05) is 26.0 Å². The van der Waals surface area contributed by atoms with Crippen molar-refractivity contribution in [1.29, 1.82) is 0 Å². The van der Waals surface area contributed by atoms with Gasteiger partial charge in [-0.3, -0.25) is 0 Å². The molecular formula is C19H22O4Si. The van der Waals surface area contributed by atoms with Crippen LogP contribution in [-0.4, -0.2) is 27.6 Å². The summed E-state index contributed by atoms with van der Waals surface area (Å²) in [5.41, 5.74) is -0.303. The van der Waals surface area contributed by atoms with Gasteiger partial charge in [0.25, 0.3) is 0 Å². The first kappa shape index (κ1) is 17.9. The minimum absolute atomic E-state index is 0.217. The van der Waals surface area contributed by atoms with Gasteiger partial charge in [-0.1, -0.05) is 50.2 Å². The summed E-state index contributed by atoms with van der Waals surface area (Å²) in [5, 5.41) is 0. The molecule has 0 atom stereocenters. The number of esters is 2. The third-order valence-electron chi connectivity index (χ3n) is 3.42. The van der Waals surface area contributed by atoms with Crippen LogP contribution in [0, 0.1) is 5.92 Å². The minimum atomic E-state index is -1.19. The maximum atomic E-state index is 12.4. The summed E-state index contributed by atoms with van der Waals surface area (Å²) in [5.74, 6) is -0.742. The molecule has 0 amide bonds. The largest absolute Gasteiger partial charge is 0.425 e. The number of hydrogen-bond donors (Lipinski definition) is 0. The Hall–Kier alpha value is -2.40. The van der Waals surface area contributed by atoms with Gasteiger partial charge in [0.15, 0.2) is 0 Å². The highest BCUT2D eigenvalue weighted by Crippen LogP contribution is 2.23. The van der Waals surface area contributed by atoms with Gasteiger partial charge in [0, 0.05) is 6.42 Å². The number of ether oxygens (including phenoxy) is 2. The van der Waals surface area contributed by atoms with E-state index in [0.717, 1.165) is 0 Å². The molecule has 0 N–H and O–H groups in total. The van der Waals surface area contributed by atoms with Crippen LogP contribution in [0.2, 0.25) is 0 Å². The fraction of sp³-hybridized carbons (Fsp3) is 0.263. The SMILES string of the molecule is CC(C)CC([SiH3])(OC(=O)c1ccccc1)OC(=O)c1ccccc1. The summed E-state index contributed by atoms with van der Waals surface area (Å²) >= 11 is 0. The van der Waals surface area contributed by atoms with E-state index >= 15 is 0 Å². The molecule has 0 bridgehead atoms. The summed E-state index contributed by atoms with van der Waals surface area (Å²) in [4.78, 5) is 24.7. The molecule has 0 spiro atoms. The zero-order valence-corrected chi connectivity index (χ0v) is 16.2. The van der Waals surface area contributed by atoms with Crippen molar-refractivity contribution in [2.24, 2.45) is 5.92 Å².